The Labute approximate surface area is 144 Å². The first-order valence-electron chi connectivity index (χ1n) is 8.61. The molecule has 1 aliphatic heterocycles. The van der Waals surface area contributed by atoms with Gasteiger partial charge in [0.15, 0.2) is 9.84 Å². The van der Waals surface area contributed by atoms with E-state index in [-0.39, 0.29) is 29.5 Å². The smallest absolute Gasteiger partial charge is 0.236 e. The summed E-state index contributed by atoms with van der Waals surface area (Å²) in [5.74, 6) is 0.300. The van der Waals surface area contributed by atoms with Crippen molar-refractivity contribution < 1.29 is 13.2 Å². The number of carbonyl (C=O) groups excluding carboxylic acids is 1. The summed E-state index contributed by atoms with van der Waals surface area (Å²) in [4.78, 5) is 16.3. The van der Waals surface area contributed by atoms with Crippen LogP contribution >= 0.6 is 0 Å². The van der Waals surface area contributed by atoms with E-state index in [1.165, 1.54) is 11.1 Å². The fourth-order valence-corrected chi connectivity index (χ4v) is 5.68. The molecule has 24 heavy (non-hydrogen) atoms. The highest BCUT2D eigenvalue weighted by Gasteiger charge is 2.33. The fourth-order valence-electron chi connectivity index (χ4n) is 3.91. The third-order valence-electron chi connectivity index (χ3n) is 5.40. The standard InChI is InChI=1S/C18H26N2O3S/c1-19(17-9-5-7-14-6-3-4-8-16(14)17)12-18(21)20(2)15-10-11-24(22,23)13-15/h3-4,6,8,15,17H,5,7,9-13H2,1-2H3/t15-,17+/m1/s1. The molecule has 0 aromatic heterocycles. The molecule has 1 saturated heterocycles. The minimum atomic E-state index is -2.97. The Kier molecular flexibility index (Phi) is 4.97. The Bertz CT molecular complexity index is 717. The van der Waals surface area contributed by atoms with Gasteiger partial charge < -0.3 is 4.90 Å². The number of nitrogens with zero attached hydrogens (tertiary/aromatic N) is 2. The van der Waals surface area contributed by atoms with Crippen LogP contribution in [0.4, 0.5) is 0 Å². The normalized spacial score (nSPS) is 25.5. The van der Waals surface area contributed by atoms with E-state index < -0.39 is 9.84 Å². The number of sulfone groups is 1. The summed E-state index contributed by atoms with van der Waals surface area (Å²) in [6, 6.07) is 8.55. The number of carbonyl (C=O) groups is 1. The zero-order valence-corrected chi connectivity index (χ0v) is 15.3. The summed E-state index contributed by atoms with van der Waals surface area (Å²) in [5, 5.41) is 0. The third kappa shape index (κ3) is 3.64. The van der Waals surface area contributed by atoms with Gasteiger partial charge in [-0.1, -0.05) is 24.3 Å². The van der Waals surface area contributed by atoms with Crippen LogP contribution < -0.4 is 0 Å². The van der Waals surface area contributed by atoms with Gasteiger partial charge in [0.05, 0.1) is 18.1 Å². The zero-order chi connectivity index (χ0) is 17.3. The summed E-state index contributed by atoms with van der Waals surface area (Å²) in [5.41, 5.74) is 2.70. The molecule has 1 amide bonds. The highest BCUT2D eigenvalue weighted by molar-refractivity contribution is 7.91. The summed E-state index contributed by atoms with van der Waals surface area (Å²) >= 11 is 0. The van der Waals surface area contributed by atoms with Gasteiger partial charge in [-0.05, 0) is 43.9 Å². The molecule has 0 saturated carbocycles. The van der Waals surface area contributed by atoms with Crippen molar-refractivity contribution in [1.82, 2.24) is 9.80 Å². The molecule has 1 fully saturated rings. The Balaban J connectivity index is 1.65. The quantitative estimate of drug-likeness (QED) is 0.828. The summed E-state index contributed by atoms with van der Waals surface area (Å²) in [6.07, 6.45) is 3.86. The fraction of sp³-hybridized carbons (Fsp3) is 0.611. The number of benzene rings is 1. The van der Waals surface area contributed by atoms with Crippen LogP contribution in [0.15, 0.2) is 24.3 Å². The van der Waals surface area contributed by atoms with Crippen molar-refractivity contribution in [2.75, 3.05) is 32.1 Å². The molecule has 2 aliphatic rings. The molecular formula is C18H26N2O3S. The van der Waals surface area contributed by atoms with E-state index in [1.807, 2.05) is 7.05 Å². The predicted molar refractivity (Wildman–Crippen MR) is 94.6 cm³/mol. The molecule has 3 rings (SSSR count). The monoisotopic (exact) mass is 350 g/mol. The Morgan fingerprint density at radius 3 is 2.67 bits per heavy atom. The summed E-state index contributed by atoms with van der Waals surface area (Å²) in [6.45, 7) is 0.325. The lowest BCUT2D eigenvalue weighted by Gasteiger charge is -2.34. The first-order valence-corrected chi connectivity index (χ1v) is 10.4. The van der Waals surface area contributed by atoms with Crippen molar-refractivity contribution in [3.8, 4) is 0 Å². The van der Waals surface area contributed by atoms with Gasteiger partial charge in [0, 0.05) is 19.1 Å². The van der Waals surface area contributed by atoms with Gasteiger partial charge in [0.25, 0.3) is 0 Å². The van der Waals surface area contributed by atoms with E-state index in [0.29, 0.717) is 13.0 Å². The number of fused-ring (bicyclic) bond motifs is 1. The average molecular weight is 350 g/mol. The van der Waals surface area contributed by atoms with Crippen molar-refractivity contribution in [3.05, 3.63) is 35.4 Å². The first kappa shape index (κ1) is 17.4. The van der Waals surface area contributed by atoms with Crippen molar-refractivity contribution in [3.63, 3.8) is 0 Å². The van der Waals surface area contributed by atoms with Crippen LogP contribution in [0.5, 0.6) is 0 Å². The SMILES string of the molecule is CN(CC(=O)N(C)[C@@H]1CCS(=O)(=O)C1)[C@H]1CCCc2ccccc21. The van der Waals surface area contributed by atoms with Crippen LogP contribution in [-0.4, -0.2) is 62.3 Å². The lowest BCUT2D eigenvalue weighted by Crippen LogP contribution is -2.44. The molecule has 0 bridgehead atoms. The molecule has 0 spiro atoms. The van der Waals surface area contributed by atoms with Crippen LogP contribution in [0.2, 0.25) is 0 Å². The topological polar surface area (TPSA) is 57.7 Å². The van der Waals surface area contributed by atoms with Gasteiger partial charge >= 0.3 is 0 Å². The van der Waals surface area contributed by atoms with Crippen molar-refractivity contribution in [1.29, 1.82) is 0 Å². The molecule has 1 heterocycles. The van der Waals surface area contributed by atoms with Gasteiger partial charge in [0.2, 0.25) is 5.91 Å². The molecule has 0 radical (unpaired) electrons. The maximum Gasteiger partial charge on any atom is 0.236 e. The van der Waals surface area contributed by atoms with Gasteiger partial charge in [-0.2, -0.15) is 0 Å². The zero-order valence-electron chi connectivity index (χ0n) is 14.4. The summed E-state index contributed by atoms with van der Waals surface area (Å²) < 4.78 is 23.3. The number of aryl methyl sites for hydroxylation is 1. The van der Waals surface area contributed by atoms with Crippen molar-refractivity contribution >= 4 is 15.7 Å². The Morgan fingerprint density at radius 1 is 1.21 bits per heavy atom. The third-order valence-corrected chi connectivity index (χ3v) is 7.15. The number of amides is 1. The average Bonchev–Trinajstić information content (AvgIpc) is 2.93. The van der Waals surface area contributed by atoms with Crippen LogP contribution in [-0.2, 0) is 21.1 Å². The van der Waals surface area contributed by atoms with E-state index in [2.05, 4.69) is 29.2 Å². The second-order valence-electron chi connectivity index (χ2n) is 7.08. The molecule has 2 atom stereocenters. The van der Waals surface area contributed by atoms with Crippen molar-refractivity contribution in [2.45, 2.75) is 37.8 Å². The molecule has 1 aromatic rings. The van der Waals surface area contributed by atoms with E-state index in [4.69, 9.17) is 0 Å². The maximum atomic E-state index is 12.6. The molecule has 6 heteroatoms. The number of hydrogen-bond acceptors (Lipinski definition) is 4. The van der Waals surface area contributed by atoms with Gasteiger partial charge in [-0.3, -0.25) is 9.69 Å². The van der Waals surface area contributed by atoms with E-state index in [1.54, 1.807) is 11.9 Å². The van der Waals surface area contributed by atoms with Crippen LogP contribution in [0.1, 0.15) is 36.4 Å². The van der Waals surface area contributed by atoms with Gasteiger partial charge in [-0.25, -0.2) is 8.42 Å². The van der Waals surface area contributed by atoms with E-state index in [0.717, 1.165) is 19.3 Å². The summed E-state index contributed by atoms with van der Waals surface area (Å²) in [7, 11) is 0.752. The van der Waals surface area contributed by atoms with Gasteiger partial charge in [0.1, 0.15) is 0 Å². The highest BCUT2D eigenvalue weighted by atomic mass is 32.2. The Hall–Kier alpha value is -1.40. The lowest BCUT2D eigenvalue weighted by atomic mass is 9.87. The second kappa shape index (κ2) is 6.84. The van der Waals surface area contributed by atoms with E-state index in [9.17, 15) is 13.2 Å². The largest absolute Gasteiger partial charge is 0.341 e. The minimum Gasteiger partial charge on any atom is -0.341 e. The first-order chi connectivity index (χ1) is 11.4. The van der Waals surface area contributed by atoms with Crippen LogP contribution in [0, 0.1) is 0 Å². The van der Waals surface area contributed by atoms with Crippen LogP contribution in [0.25, 0.3) is 0 Å². The molecular weight excluding hydrogens is 324 g/mol. The number of hydrogen-bond donors (Lipinski definition) is 0. The lowest BCUT2D eigenvalue weighted by molar-refractivity contribution is -0.133. The number of likely N-dealkylation sites (N-methyl/N-ethyl adjacent to an activating group) is 2. The predicted octanol–water partition coefficient (Wildman–Crippen LogP) is 1.64. The minimum absolute atomic E-state index is 0.00246. The molecule has 1 aromatic carbocycles. The van der Waals surface area contributed by atoms with Crippen molar-refractivity contribution in [2.24, 2.45) is 0 Å². The molecule has 0 N–H and O–H groups in total. The van der Waals surface area contributed by atoms with E-state index >= 15 is 0 Å². The van der Waals surface area contributed by atoms with Gasteiger partial charge in [-0.15, -0.1) is 0 Å². The number of rotatable bonds is 4. The molecule has 132 valence electrons. The molecule has 1 aliphatic carbocycles. The Morgan fingerprint density at radius 2 is 1.96 bits per heavy atom. The molecule has 0 unspecified atom stereocenters. The maximum absolute atomic E-state index is 12.6. The highest BCUT2D eigenvalue weighted by Crippen LogP contribution is 2.33. The van der Waals surface area contributed by atoms with Crippen LogP contribution in [0.3, 0.4) is 0 Å². The molecule has 5 nitrogen and oxygen atoms in total. The second-order valence-corrected chi connectivity index (χ2v) is 9.31.